The zero-order chi connectivity index (χ0) is 17.1. The maximum absolute atomic E-state index is 12.2. The molecule has 1 aliphatic rings. The van der Waals surface area contributed by atoms with Crippen LogP contribution in [0, 0.1) is 5.92 Å². The third-order valence-electron chi connectivity index (χ3n) is 4.56. The Labute approximate surface area is 142 Å². The Morgan fingerprint density at radius 2 is 1.96 bits per heavy atom. The number of hydrogen-bond donors (Lipinski definition) is 0. The summed E-state index contributed by atoms with van der Waals surface area (Å²) in [6.45, 7) is 5.67. The molecular weight excluding hydrogens is 304 g/mol. The van der Waals surface area contributed by atoms with E-state index < -0.39 is 0 Å². The lowest BCUT2D eigenvalue weighted by molar-refractivity contribution is -0.135. The summed E-state index contributed by atoms with van der Waals surface area (Å²) in [5.74, 6) is 1.94. The number of carbonyl (C=O) groups is 1. The molecule has 0 aliphatic carbocycles. The minimum absolute atomic E-state index is 0.0477. The van der Waals surface area contributed by atoms with Crippen molar-refractivity contribution in [1.82, 2.24) is 24.6 Å². The van der Waals surface area contributed by atoms with E-state index in [9.17, 15) is 4.79 Å². The van der Waals surface area contributed by atoms with Crippen LogP contribution >= 0.6 is 0 Å². The van der Waals surface area contributed by atoms with Gasteiger partial charge in [0.05, 0.1) is 0 Å². The van der Waals surface area contributed by atoms with Crippen molar-refractivity contribution in [3.63, 3.8) is 0 Å². The lowest BCUT2D eigenvalue weighted by Gasteiger charge is -2.37. The number of hydrogen-bond acceptors (Lipinski definition) is 5. The van der Waals surface area contributed by atoms with Crippen LogP contribution in [0.4, 0.5) is 5.82 Å². The van der Waals surface area contributed by atoms with Crippen LogP contribution in [0.25, 0.3) is 5.82 Å². The first-order valence-corrected chi connectivity index (χ1v) is 8.40. The van der Waals surface area contributed by atoms with Gasteiger partial charge in [-0.1, -0.05) is 13.8 Å². The second-order valence-electron chi connectivity index (χ2n) is 6.51. The fourth-order valence-electron chi connectivity index (χ4n) is 3.11. The average Bonchev–Trinajstić information content (AvgIpc) is 3.15. The summed E-state index contributed by atoms with van der Waals surface area (Å²) < 4.78 is 1.73. The van der Waals surface area contributed by atoms with Gasteiger partial charge in [0.25, 0.3) is 0 Å². The molecule has 1 aliphatic heterocycles. The first-order chi connectivity index (χ1) is 11.6. The van der Waals surface area contributed by atoms with E-state index in [2.05, 4.69) is 20.0 Å². The minimum atomic E-state index is 0.0477. The smallest absolute Gasteiger partial charge is 0.225 e. The fraction of sp³-hybridized carbons (Fsp3) is 0.529. The molecule has 3 rings (SSSR count). The van der Waals surface area contributed by atoms with E-state index in [1.165, 1.54) is 0 Å². The van der Waals surface area contributed by atoms with Crippen LogP contribution in [-0.2, 0) is 4.79 Å². The third kappa shape index (κ3) is 3.39. The number of nitrogens with zero attached hydrogens (tertiary/aromatic N) is 6. The van der Waals surface area contributed by atoms with Crippen LogP contribution in [0.15, 0.2) is 30.9 Å². The van der Waals surface area contributed by atoms with Crippen molar-refractivity contribution < 1.29 is 4.79 Å². The summed E-state index contributed by atoms with van der Waals surface area (Å²) in [5, 5.41) is 4.21. The lowest BCUT2D eigenvalue weighted by Crippen LogP contribution is -2.47. The van der Waals surface area contributed by atoms with Crippen LogP contribution in [0.5, 0.6) is 0 Å². The molecule has 1 amide bonds. The van der Waals surface area contributed by atoms with Crippen LogP contribution < -0.4 is 4.90 Å². The van der Waals surface area contributed by atoms with Gasteiger partial charge < -0.3 is 9.80 Å². The predicted molar refractivity (Wildman–Crippen MR) is 92.0 cm³/mol. The van der Waals surface area contributed by atoms with Crippen molar-refractivity contribution in [1.29, 1.82) is 0 Å². The average molecular weight is 328 g/mol. The Hall–Kier alpha value is -2.44. The van der Waals surface area contributed by atoms with E-state index in [0.29, 0.717) is 6.04 Å². The van der Waals surface area contributed by atoms with Gasteiger partial charge in [0.15, 0.2) is 5.82 Å². The molecule has 0 radical (unpaired) electrons. The number of amides is 1. The Kier molecular flexibility index (Phi) is 4.78. The van der Waals surface area contributed by atoms with E-state index in [4.69, 9.17) is 0 Å². The molecule has 2 aromatic heterocycles. The van der Waals surface area contributed by atoms with Crippen molar-refractivity contribution in [3.8, 4) is 5.82 Å². The molecule has 3 heterocycles. The highest BCUT2D eigenvalue weighted by Gasteiger charge is 2.27. The van der Waals surface area contributed by atoms with Crippen molar-refractivity contribution in [2.75, 3.05) is 25.0 Å². The van der Waals surface area contributed by atoms with E-state index in [1.807, 2.05) is 44.1 Å². The number of rotatable bonds is 4. The van der Waals surface area contributed by atoms with E-state index in [1.54, 1.807) is 17.2 Å². The number of aromatic nitrogens is 4. The molecule has 24 heavy (non-hydrogen) atoms. The Morgan fingerprint density at radius 3 is 2.58 bits per heavy atom. The first kappa shape index (κ1) is 16.4. The van der Waals surface area contributed by atoms with Gasteiger partial charge >= 0.3 is 0 Å². The molecule has 0 atom stereocenters. The number of carbonyl (C=O) groups excluding carboxylic acids is 1. The highest BCUT2D eigenvalue weighted by Crippen LogP contribution is 2.22. The van der Waals surface area contributed by atoms with Gasteiger partial charge in [-0.3, -0.25) is 4.79 Å². The van der Waals surface area contributed by atoms with Gasteiger partial charge in [0.2, 0.25) is 5.91 Å². The van der Waals surface area contributed by atoms with Crippen molar-refractivity contribution >= 4 is 11.7 Å². The molecule has 0 bridgehead atoms. The van der Waals surface area contributed by atoms with Crippen LogP contribution in [0.1, 0.15) is 26.7 Å². The molecule has 2 aromatic rings. The molecule has 0 N–H and O–H groups in total. The molecule has 0 saturated carbocycles. The Morgan fingerprint density at radius 1 is 1.25 bits per heavy atom. The fourth-order valence-corrected chi connectivity index (χ4v) is 3.11. The van der Waals surface area contributed by atoms with Crippen molar-refractivity contribution in [2.24, 2.45) is 5.92 Å². The number of anilines is 1. The molecule has 0 aromatic carbocycles. The lowest BCUT2D eigenvalue weighted by atomic mass is 10.0. The standard InChI is InChI=1S/C17H24N6O/c1-13(2)17(24)21(3)14-5-9-22(10-6-14)15-11-16(19-12-18-15)23-8-4-7-20-23/h4,7-8,11-14H,5-6,9-10H2,1-3H3. The largest absolute Gasteiger partial charge is 0.356 e. The molecule has 128 valence electrons. The first-order valence-electron chi connectivity index (χ1n) is 8.40. The molecule has 7 heteroatoms. The summed E-state index contributed by atoms with van der Waals surface area (Å²) in [7, 11) is 1.92. The zero-order valence-corrected chi connectivity index (χ0v) is 14.5. The van der Waals surface area contributed by atoms with Gasteiger partial charge in [-0.15, -0.1) is 0 Å². The van der Waals surface area contributed by atoms with Crippen molar-refractivity contribution in [3.05, 3.63) is 30.9 Å². The summed E-state index contributed by atoms with van der Waals surface area (Å²) in [4.78, 5) is 25.0. The Balaban J connectivity index is 1.65. The zero-order valence-electron chi connectivity index (χ0n) is 14.5. The molecular formula is C17H24N6O. The van der Waals surface area contributed by atoms with Gasteiger partial charge in [-0.05, 0) is 18.9 Å². The van der Waals surface area contributed by atoms with E-state index in [-0.39, 0.29) is 11.8 Å². The van der Waals surface area contributed by atoms with E-state index >= 15 is 0 Å². The normalized spacial score (nSPS) is 15.8. The maximum Gasteiger partial charge on any atom is 0.225 e. The summed E-state index contributed by atoms with van der Waals surface area (Å²) in [6.07, 6.45) is 7.08. The summed E-state index contributed by atoms with van der Waals surface area (Å²) >= 11 is 0. The highest BCUT2D eigenvalue weighted by molar-refractivity contribution is 5.78. The molecule has 0 spiro atoms. The highest BCUT2D eigenvalue weighted by atomic mass is 16.2. The monoisotopic (exact) mass is 328 g/mol. The van der Waals surface area contributed by atoms with E-state index in [0.717, 1.165) is 37.6 Å². The van der Waals surface area contributed by atoms with Gasteiger partial charge in [0, 0.05) is 50.6 Å². The SMILES string of the molecule is CC(C)C(=O)N(C)C1CCN(c2cc(-n3cccn3)ncn2)CC1. The molecule has 7 nitrogen and oxygen atoms in total. The van der Waals surface area contributed by atoms with Crippen molar-refractivity contribution in [2.45, 2.75) is 32.7 Å². The predicted octanol–water partition coefficient (Wildman–Crippen LogP) is 1.75. The van der Waals surface area contributed by atoms with Crippen LogP contribution in [0.2, 0.25) is 0 Å². The summed E-state index contributed by atoms with van der Waals surface area (Å²) in [6, 6.07) is 4.13. The second kappa shape index (κ2) is 6.98. The topological polar surface area (TPSA) is 67.2 Å². The molecule has 0 unspecified atom stereocenters. The van der Waals surface area contributed by atoms with Crippen LogP contribution in [-0.4, -0.2) is 56.7 Å². The molecule has 1 fully saturated rings. The van der Waals surface area contributed by atoms with Gasteiger partial charge in [-0.2, -0.15) is 5.10 Å². The van der Waals surface area contributed by atoms with Gasteiger partial charge in [0.1, 0.15) is 12.1 Å². The second-order valence-corrected chi connectivity index (χ2v) is 6.51. The maximum atomic E-state index is 12.2. The summed E-state index contributed by atoms with van der Waals surface area (Å²) in [5.41, 5.74) is 0. The molecule has 1 saturated heterocycles. The Bertz CT molecular complexity index is 676. The quantitative estimate of drug-likeness (QED) is 0.855. The third-order valence-corrected chi connectivity index (χ3v) is 4.56. The van der Waals surface area contributed by atoms with Crippen LogP contribution in [0.3, 0.4) is 0 Å². The number of piperidine rings is 1. The minimum Gasteiger partial charge on any atom is -0.356 e. The van der Waals surface area contributed by atoms with Gasteiger partial charge in [-0.25, -0.2) is 14.6 Å².